The minimum Gasteiger partial charge on any atom is -0.454 e. The van der Waals surface area contributed by atoms with Gasteiger partial charge in [0.05, 0.1) is 22.8 Å². The van der Waals surface area contributed by atoms with Crippen LogP contribution >= 0.6 is 22.7 Å². The quantitative estimate of drug-likeness (QED) is 0.442. The van der Waals surface area contributed by atoms with Gasteiger partial charge in [-0.25, -0.2) is 4.99 Å². The monoisotopic (exact) mass is 406 g/mol. The van der Waals surface area contributed by atoms with E-state index in [9.17, 15) is 0 Å². The van der Waals surface area contributed by atoms with Crippen LogP contribution in [0.5, 0.6) is 11.5 Å². The van der Waals surface area contributed by atoms with E-state index in [1.165, 1.54) is 16.1 Å². The van der Waals surface area contributed by atoms with Crippen molar-refractivity contribution in [2.75, 3.05) is 6.79 Å². The Kier molecular flexibility index (Phi) is 4.50. The number of aryl methyl sites for hydroxylation is 1. The molecule has 140 valence electrons. The molecule has 2 aromatic heterocycles. The molecule has 6 heteroatoms. The van der Waals surface area contributed by atoms with Gasteiger partial charge in [-0.2, -0.15) is 0 Å². The van der Waals surface area contributed by atoms with Crippen LogP contribution in [0.4, 0.5) is 5.69 Å². The Labute approximate surface area is 171 Å². The molecule has 3 heterocycles. The maximum atomic E-state index is 5.55. The summed E-state index contributed by atoms with van der Waals surface area (Å²) < 4.78 is 13.3. The zero-order valence-electron chi connectivity index (χ0n) is 15.3. The molecule has 1 aliphatic rings. The number of hydrogen-bond acceptors (Lipinski definition) is 5. The predicted molar refractivity (Wildman–Crippen MR) is 114 cm³/mol. The number of hydrogen-bond donors (Lipinski definition) is 0. The third-order valence-corrected chi connectivity index (χ3v) is 6.36. The third kappa shape index (κ3) is 3.37. The van der Waals surface area contributed by atoms with Crippen molar-refractivity contribution in [2.24, 2.45) is 4.99 Å². The summed E-state index contributed by atoms with van der Waals surface area (Å²) in [4.78, 5) is 7.13. The number of thiazole rings is 1. The second-order valence-corrected chi connectivity index (χ2v) is 8.39. The van der Waals surface area contributed by atoms with E-state index in [1.807, 2.05) is 6.07 Å². The van der Waals surface area contributed by atoms with Gasteiger partial charge in [-0.3, -0.25) is 0 Å². The molecule has 0 fully saturated rings. The molecule has 28 heavy (non-hydrogen) atoms. The van der Waals surface area contributed by atoms with Gasteiger partial charge >= 0.3 is 0 Å². The maximum Gasteiger partial charge on any atom is 0.231 e. The number of ether oxygens (including phenoxy) is 2. The van der Waals surface area contributed by atoms with Crippen LogP contribution in [0.1, 0.15) is 11.1 Å². The molecular formula is C22H18N2O2S2. The first kappa shape index (κ1) is 17.3. The van der Waals surface area contributed by atoms with Crippen LogP contribution in [0.2, 0.25) is 0 Å². The Balaban J connectivity index is 1.59. The van der Waals surface area contributed by atoms with Crippen LogP contribution in [-0.4, -0.2) is 11.4 Å². The van der Waals surface area contributed by atoms with E-state index in [1.54, 1.807) is 22.7 Å². The van der Waals surface area contributed by atoms with E-state index in [-0.39, 0.29) is 0 Å². The average Bonchev–Trinajstić information content (AvgIpc) is 3.45. The molecule has 0 saturated heterocycles. The molecule has 4 nitrogen and oxygen atoms in total. The van der Waals surface area contributed by atoms with Crippen LogP contribution in [0.25, 0.3) is 10.6 Å². The topological polar surface area (TPSA) is 35.8 Å². The normalized spacial score (nSPS) is 13.2. The number of rotatable bonds is 4. The van der Waals surface area contributed by atoms with Gasteiger partial charge in [0.25, 0.3) is 0 Å². The minimum absolute atomic E-state index is 0.291. The lowest BCUT2D eigenvalue weighted by Crippen LogP contribution is -2.16. The summed E-state index contributed by atoms with van der Waals surface area (Å²) in [7, 11) is 0. The Morgan fingerprint density at radius 1 is 1.00 bits per heavy atom. The molecule has 0 radical (unpaired) electrons. The Bertz CT molecular complexity index is 1170. The summed E-state index contributed by atoms with van der Waals surface area (Å²) in [6.07, 6.45) is 0. The van der Waals surface area contributed by atoms with Gasteiger partial charge < -0.3 is 14.0 Å². The van der Waals surface area contributed by atoms with Crippen molar-refractivity contribution < 1.29 is 9.47 Å². The summed E-state index contributed by atoms with van der Waals surface area (Å²) in [5.74, 6) is 1.62. The summed E-state index contributed by atoms with van der Waals surface area (Å²) in [6, 6.07) is 18.7. The van der Waals surface area contributed by atoms with E-state index >= 15 is 0 Å². The van der Waals surface area contributed by atoms with Crippen LogP contribution in [0.15, 0.2) is 70.3 Å². The highest BCUT2D eigenvalue weighted by atomic mass is 32.1. The van der Waals surface area contributed by atoms with E-state index < -0.39 is 0 Å². The fourth-order valence-corrected chi connectivity index (χ4v) is 4.89. The number of aromatic nitrogens is 1. The summed E-state index contributed by atoms with van der Waals surface area (Å²) in [6.45, 7) is 3.10. The number of fused-ring (bicyclic) bond motifs is 1. The summed E-state index contributed by atoms with van der Waals surface area (Å²) in [5, 5.41) is 4.29. The molecule has 0 saturated carbocycles. The smallest absolute Gasteiger partial charge is 0.231 e. The molecule has 0 N–H and O–H groups in total. The van der Waals surface area contributed by atoms with Crippen molar-refractivity contribution in [1.29, 1.82) is 0 Å². The van der Waals surface area contributed by atoms with Gasteiger partial charge in [0, 0.05) is 5.38 Å². The van der Waals surface area contributed by atoms with Gasteiger partial charge in [0.1, 0.15) is 0 Å². The lowest BCUT2D eigenvalue weighted by Gasteiger charge is -2.09. The number of nitrogens with zero attached hydrogens (tertiary/aromatic N) is 2. The van der Waals surface area contributed by atoms with Crippen LogP contribution in [-0.2, 0) is 6.54 Å². The number of benzene rings is 2. The number of thiophene rings is 1. The van der Waals surface area contributed by atoms with Gasteiger partial charge in [0.2, 0.25) is 6.79 Å². The van der Waals surface area contributed by atoms with Crippen LogP contribution < -0.4 is 14.3 Å². The lowest BCUT2D eigenvalue weighted by atomic mass is 10.2. The highest BCUT2D eigenvalue weighted by molar-refractivity contribution is 7.14. The fraction of sp³-hybridized carbons (Fsp3) is 0.136. The molecule has 0 unspecified atom stereocenters. The molecule has 1 aliphatic heterocycles. The Hall–Kier alpha value is -2.83. The maximum absolute atomic E-state index is 5.55. The Morgan fingerprint density at radius 3 is 2.68 bits per heavy atom. The van der Waals surface area contributed by atoms with Crippen molar-refractivity contribution >= 4 is 28.4 Å². The second kappa shape index (κ2) is 7.30. The molecule has 0 spiro atoms. The highest BCUT2D eigenvalue weighted by Crippen LogP contribution is 2.33. The van der Waals surface area contributed by atoms with Crippen molar-refractivity contribution in [3.8, 4) is 22.1 Å². The zero-order chi connectivity index (χ0) is 18.9. The van der Waals surface area contributed by atoms with E-state index in [4.69, 9.17) is 14.5 Å². The van der Waals surface area contributed by atoms with Crippen molar-refractivity contribution in [3.63, 3.8) is 0 Å². The van der Waals surface area contributed by atoms with Crippen molar-refractivity contribution in [1.82, 2.24) is 4.57 Å². The summed E-state index contributed by atoms with van der Waals surface area (Å²) >= 11 is 3.41. The first-order valence-electron chi connectivity index (χ1n) is 8.98. The van der Waals surface area contributed by atoms with Crippen LogP contribution in [0.3, 0.4) is 0 Å². The largest absolute Gasteiger partial charge is 0.454 e. The first-order valence-corrected chi connectivity index (χ1v) is 10.7. The first-order chi connectivity index (χ1) is 13.8. The highest BCUT2D eigenvalue weighted by Gasteiger charge is 2.15. The standard InChI is InChI=1S/C22H18N2O2S2/c1-15-4-7-17(8-5-15)23-22-24(18(13-28-22)21-3-2-10-27-21)12-16-6-9-19-20(11-16)26-14-25-19/h2-11,13H,12,14H2,1H3. The molecule has 5 rings (SSSR count). The van der Waals surface area contributed by atoms with E-state index in [2.05, 4.69) is 70.8 Å². The zero-order valence-corrected chi connectivity index (χ0v) is 16.9. The minimum atomic E-state index is 0.291. The predicted octanol–water partition coefficient (Wildman–Crippen LogP) is 5.60. The van der Waals surface area contributed by atoms with Gasteiger partial charge in [-0.15, -0.1) is 22.7 Å². The lowest BCUT2D eigenvalue weighted by molar-refractivity contribution is 0.174. The van der Waals surface area contributed by atoms with E-state index in [0.717, 1.165) is 34.1 Å². The van der Waals surface area contributed by atoms with Crippen LogP contribution in [0, 0.1) is 6.92 Å². The molecule has 4 aromatic rings. The van der Waals surface area contributed by atoms with Crippen molar-refractivity contribution in [2.45, 2.75) is 13.5 Å². The summed E-state index contributed by atoms with van der Waals surface area (Å²) in [5.41, 5.74) is 4.54. The molecule has 0 bridgehead atoms. The van der Waals surface area contributed by atoms with Gasteiger partial charge in [-0.05, 0) is 48.2 Å². The molecule has 0 atom stereocenters. The third-order valence-electron chi connectivity index (χ3n) is 4.61. The van der Waals surface area contributed by atoms with Gasteiger partial charge in [-0.1, -0.05) is 29.8 Å². The molecule has 2 aromatic carbocycles. The van der Waals surface area contributed by atoms with Crippen molar-refractivity contribution in [3.05, 3.63) is 81.3 Å². The molecule has 0 aliphatic carbocycles. The SMILES string of the molecule is Cc1ccc(N=c2scc(-c3cccs3)n2Cc2ccc3c(c2)OCO3)cc1. The average molecular weight is 407 g/mol. The fourth-order valence-electron chi connectivity index (χ4n) is 3.15. The van der Waals surface area contributed by atoms with Gasteiger partial charge in [0.15, 0.2) is 16.3 Å². The molecule has 0 amide bonds. The molecular weight excluding hydrogens is 388 g/mol. The Morgan fingerprint density at radius 2 is 1.86 bits per heavy atom. The van der Waals surface area contributed by atoms with E-state index in [0.29, 0.717) is 6.79 Å². The second-order valence-electron chi connectivity index (χ2n) is 6.60.